The Morgan fingerprint density at radius 3 is 2.61 bits per heavy atom. The van der Waals surface area contributed by atoms with E-state index in [1.165, 1.54) is 25.7 Å². The molecular weight excluding hydrogens is 226 g/mol. The zero-order valence-electron chi connectivity index (χ0n) is 11.3. The van der Waals surface area contributed by atoms with E-state index >= 15 is 0 Å². The zero-order chi connectivity index (χ0) is 12.5. The highest BCUT2D eigenvalue weighted by molar-refractivity contribution is 5.81. The summed E-state index contributed by atoms with van der Waals surface area (Å²) in [6, 6.07) is 2.10. The molecule has 0 aromatic heterocycles. The first kappa shape index (κ1) is 12.4. The van der Waals surface area contributed by atoms with Gasteiger partial charge in [-0.1, -0.05) is 0 Å². The number of hydrogen-bond donors (Lipinski definition) is 2. The molecule has 102 valence electrons. The van der Waals surface area contributed by atoms with Crippen LogP contribution in [0.5, 0.6) is 0 Å². The molecule has 18 heavy (non-hydrogen) atoms. The third kappa shape index (κ3) is 2.41. The van der Waals surface area contributed by atoms with E-state index in [9.17, 15) is 4.79 Å². The Bertz CT molecular complexity index is 306. The molecule has 1 amide bonds. The highest BCUT2D eigenvalue weighted by atomic mass is 16.2. The Balaban J connectivity index is 1.58. The fraction of sp³-hybridized carbons (Fsp3) is 0.929. The Labute approximate surface area is 109 Å². The van der Waals surface area contributed by atoms with Crippen LogP contribution in [0, 0.1) is 0 Å². The molecule has 0 radical (unpaired) electrons. The molecule has 3 saturated heterocycles. The molecule has 0 aliphatic carbocycles. The zero-order valence-corrected chi connectivity index (χ0v) is 11.3. The Morgan fingerprint density at radius 1 is 1.17 bits per heavy atom. The van der Waals surface area contributed by atoms with Crippen molar-refractivity contribution in [1.29, 1.82) is 0 Å². The number of amides is 1. The molecule has 3 heterocycles. The van der Waals surface area contributed by atoms with Crippen LogP contribution in [0.1, 0.15) is 44.9 Å². The monoisotopic (exact) mass is 251 g/mol. The molecule has 0 spiro atoms. The van der Waals surface area contributed by atoms with Crippen molar-refractivity contribution in [1.82, 2.24) is 15.5 Å². The van der Waals surface area contributed by atoms with Crippen LogP contribution in [0.15, 0.2) is 0 Å². The number of carbonyl (C=O) groups is 1. The maximum absolute atomic E-state index is 11.9. The van der Waals surface area contributed by atoms with Gasteiger partial charge in [-0.05, 0) is 52.0 Å². The molecule has 3 unspecified atom stereocenters. The summed E-state index contributed by atoms with van der Waals surface area (Å²) in [6.07, 6.45) is 8.42. The average Bonchev–Trinajstić information content (AvgIpc) is 2.59. The standard InChI is InChI=1S/C14H25N3O/c1-17-11-5-6-12(17)9-10(8-11)16-13-4-2-3-7-15-14(13)18/h10-13,16H,2-9H2,1H3,(H,15,18). The summed E-state index contributed by atoms with van der Waals surface area (Å²) in [4.78, 5) is 14.5. The molecular formula is C14H25N3O. The second-order valence-electron chi connectivity index (χ2n) is 6.22. The van der Waals surface area contributed by atoms with E-state index in [0.717, 1.165) is 37.9 Å². The van der Waals surface area contributed by atoms with Crippen molar-refractivity contribution in [2.24, 2.45) is 0 Å². The van der Waals surface area contributed by atoms with Gasteiger partial charge in [-0.3, -0.25) is 4.79 Å². The maximum atomic E-state index is 11.9. The lowest BCUT2D eigenvalue weighted by molar-refractivity contribution is -0.123. The van der Waals surface area contributed by atoms with E-state index in [-0.39, 0.29) is 11.9 Å². The molecule has 4 heteroatoms. The normalized spacial score (nSPS) is 41.5. The third-order valence-electron chi connectivity index (χ3n) is 5.07. The van der Waals surface area contributed by atoms with Gasteiger partial charge in [0.25, 0.3) is 0 Å². The number of piperidine rings is 1. The lowest BCUT2D eigenvalue weighted by Gasteiger charge is -2.38. The van der Waals surface area contributed by atoms with Gasteiger partial charge in [0.15, 0.2) is 0 Å². The van der Waals surface area contributed by atoms with Crippen LogP contribution in [0.25, 0.3) is 0 Å². The van der Waals surface area contributed by atoms with Gasteiger partial charge in [-0.25, -0.2) is 0 Å². The summed E-state index contributed by atoms with van der Waals surface area (Å²) in [5.41, 5.74) is 0. The molecule has 3 aliphatic rings. The fourth-order valence-corrected chi connectivity index (χ4v) is 3.93. The van der Waals surface area contributed by atoms with Gasteiger partial charge >= 0.3 is 0 Å². The van der Waals surface area contributed by atoms with Gasteiger partial charge < -0.3 is 15.5 Å². The van der Waals surface area contributed by atoms with Crippen molar-refractivity contribution in [3.63, 3.8) is 0 Å². The highest BCUT2D eigenvalue weighted by Gasteiger charge is 2.39. The van der Waals surface area contributed by atoms with Gasteiger partial charge in [0, 0.05) is 24.7 Å². The Hall–Kier alpha value is -0.610. The summed E-state index contributed by atoms with van der Waals surface area (Å²) in [5, 5.41) is 6.65. The first-order valence-corrected chi connectivity index (χ1v) is 7.50. The molecule has 3 fully saturated rings. The predicted octanol–water partition coefficient (Wildman–Crippen LogP) is 0.870. The van der Waals surface area contributed by atoms with E-state index in [1.807, 2.05) is 0 Å². The smallest absolute Gasteiger partial charge is 0.237 e. The van der Waals surface area contributed by atoms with Gasteiger partial charge in [-0.2, -0.15) is 0 Å². The average molecular weight is 251 g/mol. The maximum Gasteiger partial charge on any atom is 0.237 e. The van der Waals surface area contributed by atoms with Crippen LogP contribution in [0.2, 0.25) is 0 Å². The van der Waals surface area contributed by atoms with E-state index < -0.39 is 0 Å². The Morgan fingerprint density at radius 2 is 1.89 bits per heavy atom. The molecule has 4 nitrogen and oxygen atoms in total. The van der Waals surface area contributed by atoms with Crippen molar-refractivity contribution < 1.29 is 4.79 Å². The predicted molar refractivity (Wildman–Crippen MR) is 71.4 cm³/mol. The highest BCUT2D eigenvalue weighted by Crippen LogP contribution is 2.34. The fourth-order valence-electron chi connectivity index (χ4n) is 3.93. The lowest BCUT2D eigenvalue weighted by Crippen LogP contribution is -2.53. The van der Waals surface area contributed by atoms with Crippen LogP contribution < -0.4 is 10.6 Å². The molecule has 3 rings (SSSR count). The number of nitrogens with one attached hydrogen (secondary N) is 2. The molecule has 3 aliphatic heterocycles. The number of hydrogen-bond acceptors (Lipinski definition) is 3. The van der Waals surface area contributed by atoms with Crippen LogP contribution in [0.3, 0.4) is 0 Å². The van der Waals surface area contributed by atoms with Gasteiger partial charge in [0.1, 0.15) is 0 Å². The summed E-state index contributed by atoms with van der Waals surface area (Å²) in [7, 11) is 2.26. The summed E-state index contributed by atoms with van der Waals surface area (Å²) in [6.45, 7) is 0.857. The molecule has 3 atom stereocenters. The summed E-state index contributed by atoms with van der Waals surface area (Å²) < 4.78 is 0. The molecule has 2 N–H and O–H groups in total. The summed E-state index contributed by atoms with van der Waals surface area (Å²) in [5.74, 6) is 0.221. The quantitative estimate of drug-likeness (QED) is 0.765. The summed E-state index contributed by atoms with van der Waals surface area (Å²) >= 11 is 0. The van der Waals surface area contributed by atoms with E-state index in [2.05, 4.69) is 22.6 Å². The first-order chi connectivity index (χ1) is 8.74. The minimum Gasteiger partial charge on any atom is -0.355 e. The van der Waals surface area contributed by atoms with Crippen LogP contribution in [0.4, 0.5) is 0 Å². The molecule has 2 bridgehead atoms. The lowest BCUT2D eigenvalue weighted by atomic mass is 9.96. The van der Waals surface area contributed by atoms with Crippen LogP contribution in [-0.2, 0) is 4.79 Å². The van der Waals surface area contributed by atoms with E-state index in [4.69, 9.17) is 0 Å². The Kier molecular flexibility index (Phi) is 3.57. The third-order valence-corrected chi connectivity index (χ3v) is 5.07. The number of carbonyl (C=O) groups excluding carboxylic acids is 1. The minimum atomic E-state index is 0.0558. The largest absolute Gasteiger partial charge is 0.355 e. The molecule has 0 aromatic rings. The van der Waals surface area contributed by atoms with Crippen molar-refractivity contribution in [3.8, 4) is 0 Å². The minimum absolute atomic E-state index is 0.0558. The number of rotatable bonds is 2. The van der Waals surface area contributed by atoms with Crippen molar-refractivity contribution in [2.75, 3.05) is 13.6 Å². The van der Waals surface area contributed by atoms with Crippen molar-refractivity contribution in [2.45, 2.75) is 69.1 Å². The molecule has 0 aromatic carbocycles. The molecule has 0 saturated carbocycles. The van der Waals surface area contributed by atoms with Gasteiger partial charge in [0.2, 0.25) is 5.91 Å². The van der Waals surface area contributed by atoms with Gasteiger partial charge in [-0.15, -0.1) is 0 Å². The second-order valence-corrected chi connectivity index (χ2v) is 6.22. The van der Waals surface area contributed by atoms with Gasteiger partial charge in [0.05, 0.1) is 6.04 Å². The SMILES string of the molecule is CN1C2CCC1CC(NC1CCCCNC1=O)C2. The van der Waals surface area contributed by atoms with Crippen LogP contribution in [-0.4, -0.2) is 48.6 Å². The topological polar surface area (TPSA) is 44.4 Å². The second kappa shape index (κ2) is 5.17. The first-order valence-electron chi connectivity index (χ1n) is 7.50. The van der Waals surface area contributed by atoms with Crippen molar-refractivity contribution >= 4 is 5.91 Å². The number of nitrogens with zero attached hydrogens (tertiary/aromatic N) is 1. The van der Waals surface area contributed by atoms with E-state index in [1.54, 1.807) is 0 Å². The van der Waals surface area contributed by atoms with Crippen molar-refractivity contribution in [3.05, 3.63) is 0 Å². The van der Waals surface area contributed by atoms with E-state index in [0.29, 0.717) is 6.04 Å². The number of fused-ring (bicyclic) bond motifs is 2. The van der Waals surface area contributed by atoms with Crippen LogP contribution >= 0.6 is 0 Å².